The molecule has 1 saturated heterocycles. The van der Waals surface area contributed by atoms with Crippen LogP contribution in [0.2, 0.25) is 0 Å². The summed E-state index contributed by atoms with van der Waals surface area (Å²) in [5.74, 6) is 0.433. The number of benzene rings is 2. The van der Waals surface area contributed by atoms with Gasteiger partial charge in [0.25, 0.3) is 0 Å². The minimum absolute atomic E-state index is 0.0521. The van der Waals surface area contributed by atoms with E-state index in [-0.39, 0.29) is 11.8 Å². The molecule has 14 heteroatoms. The monoisotopic (exact) mass is 665 g/mol. The highest BCUT2D eigenvalue weighted by Crippen LogP contribution is 2.33. The van der Waals surface area contributed by atoms with Crippen LogP contribution in [0.5, 0.6) is 5.75 Å². The Morgan fingerprint density at radius 2 is 1.68 bits per heavy atom. The van der Waals surface area contributed by atoms with Crippen molar-refractivity contribution < 1.29 is 38.0 Å². The van der Waals surface area contributed by atoms with Crippen LogP contribution in [0.3, 0.4) is 0 Å². The van der Waals surface area contributed by atoms with Gasteiger partial charge >= 0.3 is 17.3 Å². The van der Waals surface area contributed by atoms with Crippen molar-refractivity contribution in [3.63, 3.8) is 0 Å². The first-order chi connectivity index (χ1) is 19.6. The highest BCUT2D eigenvalue weighted by molar-refractivity contribution is 7.99. The molecule has 1 aliphatic rings. The van der Waals surface area contributed by atoms with Gasteiger partial charge in [-0.25, -0.2) is 4.79 Å². The molecule has 0 aromatic heterocycles. The maximum Gasteiger partial charge on any atom is 0.407 e. The van der Waals surface area contributed by atoms with Crippen molar-refractivity contribution in [2.45, 2.75) is 54.0 Å². The van der Waals surface area contributed by atoms with Crippen LogP contribution in [0.1, 0.15) is 19.4 Å². The number of esters is 1. The average molecular weight is 667 g/mol. The maximum absolute atomic E-state index is 12.7. The Hall–Kier alpha value is -1.99. The van der Waals surface area contributed by atoms with E-state index in [0.29, 0.717) is 18.1 Å². The number of alkyl halides is 3. The van der Waals surface area contributed by atoms with Gasteiger partial charge in [0, 0.05) is 19.1 Å². The van der Waals surface area contributed by atoms with Crippen LogP contribution in [0.15, 0.2) is 60.7 Å². The van der Waals surface area contributed by atoms with Crippen molar-refractivity contribution in [3.05, 3.63) is 66.2 Å². The van der Waals surface area contributed by atoms with Crippen LogP contribution in [0.4, 0.5) is 4.79 Å². The molecule has 1 amide bonds. The Bertz CT molecular complexity index is 1130. The van der Waals surface area contributed by atoms with Gasteiger partial charge in [0.05, 0.1) is 13.2 Å². The summed E-state index contributed by atoms with van der Waals surface area (Å²) >= 11 is 23.9. The lowest BCUT2D eigenvalue weighted by Crippen LogP contribution is -2.65. The predicted octanol–water partition coefficient (Wildman–Crippen LogP) is 5.83. The highest BCUT2D eigenvalue weighted by Gasteiger charge is 2.51. The van der Waals surface area contributed by atoms with Crippen molar-refractivity contribution >= 4 is 76.1 Å². The number of carbonyl (C=O) groups is 2. The third kappa shape index (κ3) is 11.7. The van der Waals surface area contributed by atoms with Gasteiger partial charge in [-0.2, -0.15) is 0 Å². The van der Waals surface area contributed by atoms with Crippen molar-refractivity contribution in [3.8, 4) is 5.75 Å². The SMILES string of the molecule is CCS[C@@H]1O[C@H](COCc2ccccc2)[C@@H](OC(=S)Oc2ccccc2)[C@H](OC(C)=O)[C@H]1NC(=O)OCC(Cl)(Cl)Cl. The van der Waals surface area contributed by atoms with E-state index < -0.39 is 52.3 Å². The molecule has 0 aliphatic carbocycles. The summed E-state index contributed by atoms with van der Waals surface area (Å²) in [6.45, 7) is 3.00. The number of hydrogen-bond acceptors (Lipinski definition) is 10. The number of thioether (sulfide) groups is 1. The van der Waals surface area contributed by atoms with Crippen molar-refractivity contribution in [2.75, 3.05) is 19.0 Å². The maximum atomic E-state index is 12.7. The number of amides is 1. The van der Waals surface area contributed by atoms with Crippen molar-refractivity contribution in [1.82, 2.24) is 5.32 Å². The summed E-state index contributed by atoms with van der Waals surface area (Å²) < 4.78 is 33.0. The second kappa shape index (κ2) is 16.6. The molecule has 224 valence electrons. The Morgan fingerprint density at radius 1 is 1.02 bits per heavy atom. The lowest BCUT2D eigenvalue weighted by Gasteiger charge is -2.45. The Morgan fingerprint density at radius 3 is 2.29 bits per heavy atom. The third-order valence-electron chi connectivity index (χ3n) is 5.50. The molecule has 0 saturated carbocycles. The molecule has 1 fully saturated rings. The van der Waals surface area contributed by atoms with Crippen molar-refractivity contribution in [1.29, 1.82) is 0 Å². The van der Waals surface area contributed by atoms with E-state index >= 15 is 0 Å². The van der Waals surface area contributed by atoms with E-state index in [1.807, 2.05) is 43.3 Å². The third-order valence-corrected chi connectivity index (χ3v) is 7.07. The first-order valence-electron chi connectivity index (χ1n) is 12.5. The van der Waals surface area contributed by atoms with E-state index in [1.54, 1.807) is 24.3 Å². The number of hydrogen-bond donors (Lipinski definition) is 1. The molecule has 0 unspecified atom stereocenters. The largest absolute Gasteiger partial charge is 0.456 e. The zero-order chi connectivity index (χ0) is 29.8. The van der Waals surface area contributed by atoms with Crippen LogP contribution in [0, 0.1) is 0 Å². The quantitative estimate of drug-likeness (QED) is 0.179. The Kier molecular flexibility index (Phi) is 13.6. The minimum Gasteiger partial charge on any atom is -0.456 e. The van der Waals surface area contributed by atoms with E-state index in [2.05, 4.69) is 5.32 Å². The van der Waals surface area contributed by atoms with Gasteiger partial charge in [-0.1, -0.05) is 90.3 Å². The lowest BCUT2D eigenvalue weighted by molar-refractivity contribution is -0.195. The molecule has 41 heavy (non-hydrogen) atoms. The lowest BCUT2D eigenvalue weighted by atomic mass is 9.97. The van der Waals surface area contributed by atoms with Gasteiger partial charge in [0.1, 0.15) is 29.9 Å². The molecule has 1 heterocycles. The van der Waals surface area contributed by atoms with Gasteiger partial charge in [-0.3, -0.25) is 4.79 Å². The molecular formula is C27H30Cl3NO8S2. The predicted molar refractivity (Wildman–Crippen MR) is 162 cm³/mol. The second-order valence-electron chi connectivity index (χ2n) is 8.68. The molecule has 1 N–H and O–H groups in total. The number of para-hydroxylation sites is 1. The normalized spacial score (nSPS) is 22.3. The zero-order valence-corrected chi connectivity index (χ0v) is 26.1. The number of rotatable bonds is 11. The van der Waals surface area contributed by atoms with Gasteiger partial charge < -0.3 is 33.7 Å². The summed E-state index contributed by atoms with van der Waals surface area (Å²) in [5.41, 5.74) is 0.259. The average Bonchev–Trinajstić information content (AvgIpc) is 2.92. The number of carbonyl (C=O) groups excluding carboxylic acids is 2. The molecule has 1 aliphatic heterocycles. The summed E-state index contributed by atoms with van der Waals surface area (Å²) in [4.78, 5) is 25.0. The van der Waals surface area contributed by atoms with E-state index in [0.717, 1.165) is 5.56 Å². The van der Waals surface area contributed by atoms with Gasteiger partial charge in [0.2, 0.25) is 3.79 Å². The first-order valence-corrected chi connectivity index (χ1v) is 15.1. The van der Waals surface area contributed by atoms with E-state index in [4.69, 9.17) is 75.4 Å². The van der Waals surface area contributed by atoms with Crippen LogP contribution < -0.4 is 10.1 Å². The Balaban J connectivity index is 1.86. The fraction of sp³-hybridized carbons (Fsp3) is 0.444. The molecule has 2 aromatic carbocycles. The number of nitrogens with one attached hydrogen (secondary N) is 1. The summed E-state index contributed by atoms with van der Waals surface area (Å²) in [6, 6.07) is 17.4. The fourth-order valence-corrected chi connectivity index (χ4v) is 5.23. The standard InChI is InChI=1S/C27H30Cl3NO8S2/c1-3-41-24-21(31-25(33)35-16-27(28,29)30)23(36-17(2)32)22(39-26(40)37-19-12-8-5-9-13-19)20(38-24)15-34-14-18-10-6-4-7-11-18/h4-13,20-24H,3,14-16H2,1-2H3,(H,31,33)/t20-,21-,22-,23-,24+/m1/s1. The molecule has 0 spiro atoms. The van der Waals surface area contributed by atoms with Crippen LogP contribution in [-0.4, -0.2) is 69.8 Å². The topological polar surface area (TPSA) is 102 Å². The number of halogens is 3. The number of ether oxygens (including phenoxy) is 6. The first kappa shape index (κ1) is 33.5. The Labute approximate surface area is 263 Å². The van der Waals surface area contributed by atoms with Crippen LogP contribution in [-0.2, 0) is 35.1 Å². The molecular weight excluding hydrogens is 637 g/mol. The minimum atomic E-state index is -1.82. The van der Waals surface area contributed by atoms with Crippen LogP contribution >= 0.6 is 58.8 Å². The van der Waals surface area contributed by atoms with Crippen molar-refractivity contribution in [2.24, 2.45) is 0 Å². The van der Waals surface area contributed by atoms with E-state index in [9.17, 15) is 9.59 Å². The van der Waals surface area contributed by atoms with Crippen LogP contribution in [0.25, 0.3) is 0 Å². The second-order valence-corrected chi connectivity index (χ2v) is 12.9. The summed E-state index contributed by atoms with van der Waals surface area (Å²) in [7, 11) is 0. The number of alkyl carbamates (subject to hydrolysis) is 1. The van der Waals surface area contributed by atoms with Gasteiger partial charge in [-0.05, 0) is 23.4 Å². The fourth-order valence-electron chi connectivity index (χ4n) is 3.88. The van der Waals surface area contributed by atoms with Gasteiger partial charge in [0.15, 0.2) is 12.2 Å². The van der Waals surface area contributed by atoms with Gasteiger partial charge in [-0.15, -0.1) is 11.8 Å². The molecule has 5 atom stereocenters. The number of thiocarbonyl (C=S) groups is 1. The smallest absolute Gasteiger partial charge is 0.407 e. The summed E-state index contributed by atoms with van der Waals surface area (Å²) in [6.07, 6.45) is -3.82. The molecule has 0 radical (unpaired) electrons. The highest BCUT2D eigenvalue weighted by atomic mass is 35.6. The molecule has 3 rings (SSSR count). The molecule has 9 nitrogen and oxygen atoms in total. The zero-order valence-electron chi connectivity index (χ0n) is 22.2. The summed E-state index contributed by atoms with van der Waals surface area (Å²) in [5, 5.41) is 2.43. The molecule has 0 bridgehead atoms. The van der Waals surface area contributed by atoms with E-state index in [1.165, 1.54) is 18.7 Å². The molecule has 2 aromatic rings.